The molecule has 0 aliphatic carbocycles. The Hall–Kier alpha value is -3.29. The standard InChI is InChI=1S/C20H23N5O3/c1-24(2)20-22-16-7-9-25(8-6-14(16)18(26)23-20)19(27)17-11-12-10-13(28-3)4-5-15(12)21-17/h4-5,10-11,21H,6-9H2,1-3H3,(H,22,23,26). The number of fused-ring (bicyclic) bond motifs is 2. The van der Waals surface area contributed by atoms with Crippen molar-refractivity contribution in [3.63, 3.8) is 0 Å². The minimum absolute atomic E-state index is 0.0766. The van der Waals surface area contributed by atoms with Crippen molar-refractivity contribution in [1.82, 2.24) is 19.9 Å². The van der Waals surface area contributed by atoms with Crippen LogP contribution in [-0.4, -0.2) is 60.1 Å². The predicted octanol–water partition coefficient (Wildman–Crippen LogP) is 1.57. The Morgan fingerprint density at radius 1 is 1.18 bits per heavy atom. The molecule has 146 valence electrons. The van der Waals surface area contributed by atoms with Crippen LogP contribution in [0.1, 0.15) is 21.7 Å². The molecular weight excluding hydrogens is 358 g/mol. The maximum Gasteiger partial charge on any atom is 0.270 e. The number of H-pyrrole nitrogens is 2. The number of amides is 1. The topological polar surface area (TPSA) is 94.3 Å². The summed E-state index contributed by atoms with van der Waals surface area (Å²) in [6.45, 7) is 1.00. The smallest absolute Gasteiger partial charge is 0.270 e. The molecule has 0 saturated carbocycles. The monoisotopic (exact) mass is 381 g/mol. The summed E-state index contributed by atoms with van der Waals surface area (Å²) in [4.78, 5) is 39.6. The lowest BCUT2D eigenvalue weighted by Crippen LogP contribution is -2.33. The van der Waals surface area contributed by atoms with E-state index in [-0.39, 0.29) is 11.5 Å². The molecule has 3 heterocycles. The molecule has 0 saturated heterocycles. The van der Waals surface area contributed by atoms with E-state index < -0.39 is 0 Å². The molecule has 0 radical (unpaired) electrons. The van der Waals surface area contributed by atoms with Crippen LogP contribution in [0.2, 0.25) is 0 Å². The maximum atomic E-state index is 13.0. The van der Waals surface area contributed by atoms with Crippen LogP contribution in [0.5, 0.6) is 5.75 Å². The molecular formula is C20H23N5O3. The van der Waals surface area contributed by atoms with E-state index in [4.69, 9.17) is 4.74 Å². The van der Waals surface area contributed by atoms with Gasteiger partial charge in [-0.2, -0.15) is 0 Å². The van der Waals surface area contributed by atoms with Crippen molar-refractivity contribution in [2.75, 3.05) is 39.2 Å². The molecule has 1 aliphatic rings. The van der Waals surface area contributed by atoms with Gasteiger partial charge in [0.2, 0.25) is 5.95 Å². The number of aromatic nitrogens is 3. The van der Waals surface area contributed by atoms with Crippen molar-refractivity contribution >= 4 is 22.8 Å². The second kappa shape index (κ2) is 7.03. The van der Waals surface area contributed by atoms with Gasteiger partial charge < -0.3 is 19.5 Å². The highest BCUT2D eigenvalue weighted by Crippen LogP contribution is 2.23. The molecule has 3 aromatic rings. The number of methoxy groups -OCH3 is 1. The Balaban J connectivity index is 1.58. The van der Waals surface area contributed by atoms with E-state index in [0.29, 0.717) is 43.1 Å². The van der Waals surface area contributed by atoms with Gasteiger partial charge in [0.25, 0.3) is 11.5 Å². The molecule has 1 aliphatic heterocycles. The lowest BCUT2D eigenvalue weighted by atomic mass is 10.1. The highest BCUT2D eigenvalue weighted by Gasteiger charge is 2.24. The summed E-state index contributed by atoms with van der Waals surface area (Å²) in [6, 6.07) is 7.49. The minimum atomic E-state index is -0.124. The molecule has 4 rings (SSSR count). The number of benzene rings is 1. The van der Waals surface area contributed by atoms with Gasteiger partial charge in [-0.15, -0.1) is 0 Å². The van der Waals surface area contributed by atoms with Gasteiger partial charge in [0.05, 0.1) is 12.8 Å². The third kappa shape index (κ3) is 3.21. The zero-order valence-electron chi connectivity index (χ0n) is 16.2. The third-order valence-corrected chi connectivity index (χ3v) is 5.11. The summed E-state index contributed by atoms with van der Waals surface area (Å²) >= 11 is 0. The summed E-state index contributed by atoms with van der Waals surface area (Å²) in [5, 5.41) is 0.926. The predicted molar refractivity (Wildman–Crippen MR) is 107 cm³/mol. The number of nitrogens with zero attached hydrogens (tertiary/aromatic N) is 3. The zero-order valence-corrected chi connectivity index (χ0v) is 16.2. The zero-order chi connectivity index (χ0) is 19.8. The Morgan fingerprint density at radius 2 is 1.96 bits per heavy atom. The average Bonchev–Trinajstić information content (AvgIpc) is 2.99. The van der Waals surface area contributed by atoms with Gasteiger partial charge in [-0.1, -0.05) is 0 Å². The lowest BCUT2D eigenvalue weighted by Gasteiger charge is -2.19. The quantitative estimate of drug-likeness (QED) is 0.718. The minimum Gasteiger partial charge on any atom is -0.497 e. The molecule has 0 bridgehead atoms. The molecule has 8 nitrogen and oxygen atoms in total. The highest BCUT2D eigenvalue weighted by atomic mass is 16.5. The van der Waals surface area contributed by atoms with E-state index >= 15 is 0 Å². The lowest BCUT2D eigenvalue weighted by molar-refractivity contribution is 0.0758. The molecule has 0 fully saturated rings. The number of aromatic amines is 2. The van der Waals surface area contributed by atoms with Gasteiger partial charge in [-0.25, -0.2) is 4.98 Å². The van der Waals surface area contributed by atoms with Gasteiger partial charge in [0.1, 0.15) is 11.4 Å². The summed E-state index contributed by atoms with van der Waals surface area (Å²) in [5.74, 6) is 1.21. The first-order chi connectivity index (χ1) is 13.5. The first-order valence-corrected chi connectivity index (χ1v) is 9.21. The summed E-state index contributed by atoms with van der Waals surface area (Å²) < 4.78 is 5.25. The van der Waals surface area contributed by atoms with Crippen molar-refractivity contribution in [2.45, 2.75) is 12.8 Å². The van der Waals surface area contributed by atoms with Crippen LogP contribution in [0.3, 0.4) is 0 Å². The van der Waals surface area contributed by atoms with Crippen molar-refractivity contribution in [3.8, 4) is 5.75 Å². The fraction of sp³-hybridized carbons (Fsp3) is 0.350. The highest BCUT2D eigenvalue weighted by molar-refractivity contribution is 5.98. The van der Waals surface area contributed by atoms with E-state index in [1.165, 1.54) is 0 Å². The number of rotatable bonds is 3. The Morgan fingerprint density at radius 3 is 2.71 bits per heavy atom. The van der Waals surface area contributed by atoms with Crippen LogP contribution < -0.4 is 15.2 Å². The molecule has 0 atom stereocenters. The van der Waals surface area contributed by atoms with Crippen LogP contribution >= 0.6 is 0 Å². The van der Waals surface area contributed by atoms with E-state index in [2.05, 4.69) is 15.0 Å². The maximum absolute atomic E-state index is 13.0. The first kappa shape index (κ1) is 18.1. The molecule has 8 heteroatoms. The van der Waals surface area contributed by atoms with E-state index in [1.54, 1.807) is 16.9 Å². The largest absolute Gasteiger partial charge is 0.497 e. The third-order valence-electron chi connectivity index (χ3n) is 5.11. The van der Waals surface area contributed by atoms with E-state index in [9.17, 15) is 9.59 Å². The second-order valence-corrected chi connectivity index (χ2v) is 7.14. The van der Waals surface area contributed by atoms with Crippen LogP contribution in [0.15, 0.2) is 29.1 Å². The second-order valence-electron chi connectivity index (χ2n) is 7.14. The summed E-state index contributed by atoms with van der Waals surface area (Å²) in [6.07, 6.45) is 1.05. The SMILES string of the molecule is COc1ccc2[nH]c(C(=O)N3CCc4nc(N(C)C)[nH]c(=O)c4CC3)cc2c1. The molecule has 1 aromatic carbocycles. The summed E-state index contributed by atoms with van der Waals surface area (Å²) in [7, 11) is 5.29. The van der Waals surface area contributed by atoms with Crippen molar-refractivity contribution < 1.29 is 9.53 Å². The van der Waals surface area contributed by atoms with E-state index in [1.807, 2.05) is 38.4 Å². The molecule has 0 spiro atoms. The van der Waals surface area contributed by atoms with E-state index in [0.717, 1.165) is 22.3 Å². The Labute approximate surface area is 162 Å². The van der Waals surface area contributed by atoms with Gasteiger partial charge in [0, 0.05) is 50.1 Å². The van der Waals surface area contributed by atoms with Gasteiger partial charge >= 0.3 is 0 Å². The number of carbonyl (C=O) groups excluding carboxylic acids is 1. The van der Waals surface area contributed by atoms with Crippen molar-refractivity contribution in [1.29, 1.82) is 0 Å². The average molecular weight is 381 g/mol. The van der Waals surface area contributed by atoms with Gasteiger partial charge in [-0.05, 0) is 30.7 Å². The molecule has 2 aromatic heterocycles. The van der Waals surface area contributed by atoms with Gasteiger partial charge in [-0.3, -0.25) is 14.6 Å². The molecule has 1 amide bonds. The molecule has 2 N–H and O–H groups in total. The number of anilines is 1. The number of hydrogen-bond acceptors (Lipinski definition) is 5. The van der Waals surface area contributed by atoms with Crippen LogP contribution in [0.25, 0.3) is 10.9 Å². The van der Waals surface area contributed by atoms with Gasteiger partial charge in [0.15, 0.2) is 0 Å². The van der Waals surface area contributed by atoms with Crippen molar-refractivity contribution in [3.05, 3.63) is 51.6 Å². The van der Waals surface area contributed by atoms with Crippen LogP contribution in [-0.2, 0) is 12.8 Å². The normalized spacial score (nSPS) is 13.9. The number of hydrogen-bond donors (Lipinski definition) is 2. The number of carbonyl (C=O) groups is 1. The Kier molecular flexibility index (Phi) is 4.54. The number of nitrogens with one attached hydrogen (secondary N) is 2. The molecule has 28 heavy (non-hydrogen) atoms. The number of ether oxygens (including phenoxy) is 1. The fourth-order valence-corrected chi connectivity index (χ4v) is 3.53. The molecule has 0 unspecified atom stereocenters. The fourth-order valence-electron chi connectivity index (χ4n) is 3.53. The van der Waals surface area contributed by atoms with Crippen molar-refractivity contribution in [2.24, 2.45) is 0 Å². The summed E-state index contributed by atoms with van der Waals surface area (Å²) in [5.41, 5.74) is 2.73. The van der Waals surface area contributed by atoms with Crippen LogP contribution in [0, 0.1) is 0 Å². The Bertz CT molecular complexity index is 1100. The van der Waals surface area contributed by atoms with Crippen LogP contribution in [0.4, 0.5) is 5.95 Å². The first-order valence-electron chi connectivity index (χ1n) is 9.21.